The number of furan rings is 1. The lowest BCUT2D eigenvalue weighted by atomic mass is 9.99. The van der Waals surface area contributed by atoms with Gasteiger partial charge < -0.3 is 20.0 Å². The summed E-state index contributed by atoms with van der Waals surface area (Å²) in [5.41, 5.74) is 0. The molecule has 0 aromatic carbocycles. The molecule has 1 aromatic rings. The lowest BCUT2D eigenvalue weighted by Gasteiger charge is -2.30. The van der Waals surface area contributed by atoms with E-state index in [-0.39, 0.29) is 24.0 Å². The van der Waals surface area contributed by atoms with Gasteiger partial charge in [-0.05, 0) is 50.9 Å². The van der Waals surface area contributed by atoms with E-state index in [9.17, 15) is 0 Å². The molecule has 1 saturated heterocycles. The molecule has 2 heterocycles. The van der Waals surface area contributed by atoms with Crippen LogP contribution in [-0.2, 0) is 6.54 Å². The van der Waals surface area contributed by atoms with Gasteiger partial charge in [0.25, 0.3) is 0 Å². The Hall–Kier alpha value is -0.760. The number of halogens is 1. The largest absolute Gasteiger partial charge is 0.467 e. The van der Waals surface area contributed by atoms with Gasteiger partial charge in [-0.15, -0.1) is 24.0 Å². The van der Waals surface area contributed by atoms with Gasteiger partial charge in [-0.25, -0.2) is 4.99 Å². The Morgan fingerprint density at radius 1 is 1.36 bits per heavy atom. The number of hydrogen-bond donors (Lipinski definition) is 2. The molecule has 0 spiro atoms. The topological polar surface area (TPSA) is 52.8 Å². The smallest absolute Gasteiger partial charge is 0.191 e. The average molecular weight is 420 g/mol. The van der Waals surface area contributed by atoms with Crippen molar-refractivity contribution < 1.29 is 4.42 Å². The highest BCUT2D eigenvalue weighted by atomic mass is 127. The van der Waals surface area contributed by atoms with Crippen LogP contribution in [0.15, 0.2) is 27.8 Å². The Kier molecular flexibility index (Phi) is 9.54. The van der Waals surface area contributed by atoms with Crippen molar-refractivity contribution in [3.63, 3.8) is 0 Å². The Balaban J connectivity index is 0.00000242. The molecule has 1 fully saturated rings. The van der Waals surface area contributed by atoms with Crippen LogP contribution in [-0.4, -0.2) is 43.6 Å². The highest BCUT2D eigenvalue weighted by Gasteiger charge is 2.14. The summed E-state index contributed by atoms with van der Waals surface area (Å²) in [6, 6.07) is 3.84. The van der Waals surface area contributed by atoms with E-state index in [2.05, 4.69) is 34.4 Å². The van der Waals surface area contributed by atoms with Crippen molar-refractivity contribution in [1.29, 1.82) is 0 Å². The van der Waals surface area contributed by atoms with Gasteiger partial charge >= 0.3 is 0 Å². The van der Waals surface area contributed by atoms with Crippen molar-refractivity contribution in [2.75, 3.05) is 32.7 Å². The molecular formula is C16H29IN4O. The van der Waals surface area contributed by atoms with Crippen molar-refractivity contribution in [1.82, 2.24) is 15.5 Å². The second kappa shape index (κ2) is 10.9. The van der Waals surface area contributed by atoms with Gasteiger partial charge in [0, 0.05) is 19.6 Å². The van der Waals surface area contributed by atoms with Crippen LogP contribution < -0.4 is 10.6 Å². The number of hydrogen-bond acceptors (Lipinski definition) is 3. The zero-order chi connectivity index (χ0) is 14.9. The Bertz CT molecular complexity index is 414. The fraction of sp³-hybridized carbons (Fsp3) is 0.688. The van der Waals surface area contributed by atoms with E-state index in [1.807, 2.05) is 12.1 Å². The first-order valence-electron chi connectivity index (χ1n) is 8.05. The normalized spacial score (nSPS) is 17.1. The highest BCUT2D eigenvalue weighted by Crippen LogP contribution is 2.15. The minimum Gasteiger partial charge on any atom is -0.467 e. The van der Waals surface area contributed by atoms with Gasteiger partial charge in [-0.2, -0.15) is 0 Å². The van der Waals surface area contributed by atoms with E-state index < -0.39 is 0 Å². The van der Waals surface area contributed by atoms with Gasteiger partial charge in [0.05, 0.1) is 6.26 Å². The van der Waals surface area contributed by atoms with E-state index in [1.54, 1.807) is 6.26 Å². The molecule has 126 valence electrons. The zero-order valence-electron chi connectivity index (χ0n) is 13.7. The summed E-state index contributed by atoms with van der Waals surface area (Å²) in [6.07, 6.45) is 4.34. The average Bonchev–Trinajstić information content (AvgIpc) is 3.00. The third-order valence-electron chi connectivity index (χ3n) is 3.91. The molecule has 1 aromatic heterocycles. The summed E-state index contributed by atoms with van der Waals surface area (Å²) in [4.78, 5) is 7.06. The van der Waals surface area contributed by atoms with Crippen LogP contribution in [0, 0.1) is 5.92 Å². The first-order chi connectivity index (χ1) is 10.3. The summed E-state index contributed by atoms with van der Waals surface area (Å²) >= 11 is 0. The number of guanidine groups is 1. The number of piperidine rings is 1. The molecule has 2 N–H and O–H groups in total. The minimum absolute atomic E-state index is 0. The van der Waals surface area contributed by atoms with Crippen LogP contribution in [0.1, 0.15) is 32.4 Å². The number of nitrogens with zero attached hydrogens (tertiary/aromatic N) is 2. The fourth-order valence-corrected chi connectivity index (χ4v) is 2.52. The van der Waals surface area contributed by atoms with E-state index in [0.717, 1.165) is 37.3 Å². The third kappa shape index (κ3) is 7.00. The molecular weight excluding hydrogens is 391 g/mol. The lowest BCUT2D eigenvalue weighted by molar-refractivity contribution is 0.195. The molecule has 0 radical (unpaired) electrons. The van der Waals surface area contributed by atoms with Crippen LogP contribution in [0.5, 0.6) is 0 Å². The number of nitrogens with one attached hydrogen (secondary N) is 2. The molecule has 6 heteroatoms. The highest BCUT2D eigenvalue weighted by molar-refractivity contribution is 14.0. The Labute approximate surface area is 150 Å². The summed E-state index contributed by atoms with van der Waals surface area (Å²) < 4.78 is 5.30. The Morgan fingerprint density at radius 3 is 2.77 bits per heavy atom. The summed E-state index contributed by atoms with van der Waals surface area (Å²) in [6.45, 7) is 10.3. The number of rotatable bonds is 6. The van der Waals surface area contributed by atoms with Crippen LogP contribution in [0.2, 0.25) is 0 Å². The second-order valence-corrected chi connectivity index (χ2v) is 5.73. The van der Waals surface area contributed by atoms with Gasteiger partial charge in [0.15, 0.2) is 5.96 Å². The van der Waals surface area contributed by atoms with Crippen molar-refractivity contribution in [2.24, 2.45) is 10.9 Å². The molecule has 0 aliphatic carbocycles. The Morgan fingerprint density at radius 2 is 2.14 bits per heavy atom. The van der Waals surface area contributed by atoms with Crippen LogP contribution >= 0.6 is 24.0 Å². The summed E-state index contributed by atoms with van der Waals surface area (Å²) in [5, 5.41) is 6.67. The molecule has 0 amide bonds. The van der Waals surface area contributed by atoms with Crippen molar-refractivity contribution in [2.45, 2.75) is 33.2 Å². The maximum atomic E-state index is 5.30. The number of likely N-dealkylation sites (tertiary alicyclic amines) is 1. The minimum atomic E-state index is 0. The van der Waals surface area contributed by atoms with E-state index in [1.165, 1.54) is 25.9 Å². The maximum absolute atomic E-state index is 5.30. The first-order valence-corrected chi connectivity index (χ1v) is 8.05. The predicted molar refractivity (Wildman–Crippen MR) is 102 cm³/mol. The van der Waals surface area contributed by atoms with Crippen LogP contribution in [0.3, 0.4) is 0 Å². The fourth-order valence-electron chi connectivity index (χ4n) is 2.52. The predicted octanol–water partition coefficient (Wildman–Crippen LogP) is 2.68. The maximum Gasteiger partial charge on any atom is 0.191 e. The molecule has 0 bridgehead atoms. The van der Waals surface area contributed by atoms with Gasteiger partial charge in [-0.3, -0.25) is 0 Å². The van der Waals surface area contributed by atoms with Crippen LogP contribution in [0.25, 0.3) is 0 Å². The van der Waals surface area contributed by atoms with Crippen LogP contribution in [0.4, 0.5) is 0 Å². The molecule has 0 atom stereocenters. The molecule has 1 aliphatic rings. The molecule has 1 aliphatic heterocycles. The number of aliphatic imine (C=N–C) groups is 1. The van der Waals surface area contributed by atoms with Crippen molar-refractivity contribution in [3.05, 3.63) is 24.2 Å². The lowest BCUT2D eigenvalue weighted by Crippen LogP contribution is -2.43. The second-order valence-electron chi connectivity index (χ2n) is 5.73. The zero-order valence-corrected chi connectivity index (χ0v) is 16.0. The standard InChI is InChI=1S/C16H28N4O.HI/c1-3-17-16(19-13-15-5-4-12-21-15)18-8-11-20-9-6-14(2)7-10-20;/h4-5,12,14H,3,6-11,13H2,1-2H3,(H2,17,18,19);1H. The summed E-state index contributed by atoms with van der Waals surface area (Å²) in [7, 11) is 0. The van der Waals surface area contributed by atoms with Crippen molar-refractivity contribution in [3.8, 4) is 0 Å². The third-order valence-corrected chi connectivity index (χ3v) is 3.91. The SMILES string of the molecule is CCNC(=NCc1ccco1)NCCN1CCC(C)CC1.I. The van der Waals surface area contributed by atoms with E-state index in [4.69, 9.17) is 4.42 Å². The quantitative estimate of drug-likeness (QED) is 0.422. The molecule has 2 rings (SSSR count). The molecule has 0 saturated carbocycles. The summed E-state index contributed by atoms with van der Waals surface area (Å²) in [5.74, 6) is 2.64. The van der Waals surface area contributed by atoms with Gasteiger partial charge in [0.1, 0.15) is 12.3 Å². The first kappa shape index (κ1) is 19.3. The monoisotopic (exact) mass is 420 g/mol. The van der Waals surface area contributed by atoms with Gasteiger partial charge in [-0.1, -0.05) is 6.92 Å². The van der Waals surface area contributed by atoms with E-state index >= 15 is 0 Å². The van der Waals surface area contributed by atoms with Gasteiger partial charge in [0.2, 0.25) is 0 Å². The van der Waals surface area contributed by atoms with E-state index in [0.29, 0.717) is 6.54 Å². The van der Waals surface area contributed by atoms with Crippen molar-refractivity contribution >= 4 is 29.9 Å². The molecule has 5 nitrogen and oxygen atoms in total. The molecule has 0 unspecified atom stereocenters. The molecule has 22 heavy (non-hydrogen) atoms.